The molecule has 0 heterocycles. The Morgan fingerprint density at radius 2 is 1.54 bits per heavy atom. The third kappa shape index (κ3) is 4.54. The summed E-state index contributed by atoms with van der Waals surface area (Å²) >= 11 is 0. The van der Waals surface area contributed by atoms with E-state index >= 15 is 0 Å². The van der Waals surface area contributed by atoms with Crippen molar-refractivity contribution < 1.29 is 19.0 Å². The fourth-order valence-electron chi connectivity index (χ4n) is 5.07. The standard InChI is InChI=1S/C31H32O4/c1-6-22-19-21(2)30(29(32)16-18-33-3)27-15-17-31(20-28(22)27,23-7-11-25(34-4)12-8-23)24-9-13-26(35-5)14-10-24/h6-15,17,19H,1,16,18,20H2,2-5H3. The Kier molecular flexibility index (Phi) is 7.23. The van der Waals surface area contributed by atoms with Crippen LogP contribution in [0.3, 0.4) is 0 Å². The molecule has 0 amide bonds. The number of carbonyl (C=O) groups excluding carboxylic acids is 1. The summed E-state index contributed by atoms with van der Waals surface area (Å²) < 4.78 is 16.0. The van der Waals surface area contributed by atoms with Gasteiger partial charge in [-0.05, 0) is 71.0 Å². The molecule has 4 heteroatoms. The van der Waals surface area contributed by atoms with E-state index in [-0.39, 0.29) is 5.78 Å². The minimum atomic E-state index is -0.425. The number of hydrogen-bond acceptors (Lipinski definition) is 4. The SMILES string of the molecule is C=Cc1cc(C)c(C(=O)CCOC)c2c1CC(c1ccc(OC)cc1)(c1ccc(OC)cc1)C=C2. The molecule has 0 aliphatic heterocycles. The summed E-state index contributed by atoms with van der Waals surface area (Å²) in [5.74, 6) is 1.72. The normalized spacial score (nSPS) is 13.7. The number of Topliss-reactive ketones (excluding diaryl/α,β-unsaturated/α-hetero) is 1. The molecule has 0 saturated heterocycles. The first-order chi connectivity index (χ1) is 17.0. The lowest BCUT2D eigenvalue weighted by Crippen LogP contribution is -2.31. The van der Waals surface area contributed by atoms with Crippen LogP contribution in [0.15, 0.2) is 67.3 Å². The zero-order chi connectivity index (χ0) is 25.0. The second kappa shape index (κ2) is 10.3. The average molecular weight is 469 g/mol. The van der Waals surface area contributed by atoms with Gasteiger partial charge in [-0.3, -0.25) is 4.79 Å². The first kappa shape index (κ1) is 24.5. The zero-order valence-corrected chi connectivity index (χ0v) is 20.9. The topological polar surface area (TPSA) is 44.8 Å². The highest BCUT2D eigenvalue weighted by Crippen LogP contribution is 2.45. The minimum absolute atomic E-state index is 0.0993. The Balaban J connectivity index is 1.92. The van der Waals surface area contributed by atoms with Crippen molar-refractivity contribution >= 4 is 17.9 Å². The molecule has 3 aromatic rings. The summed E-state index contributed by atoms with van der Waals surface area (Å²) in [5, 5.41) is 0. The van der Waals surface area contributed by atoms with Crippen LogP contribution in [0.2, 0.25) is 0 Å². The van der Waals surface area contributed by atoms with Crippen LogP contribution in [0.5, 0.6) is 11.5 Å². The van der Waals surface area contributed by atoms with Crippen LogP contribution in [0, 0.1) is 6.92 Å². The Bertz CT molecular complexity index is 1200. The Labute approximate surface area is 207 Å². The van der Waals surface area contributed by atoms with Crippen molar-refractivity contribution in [3.05, 3.63) is 106 Å². The van der Waals surface area contributed by atoms with Gasteiger partial charge >= 0.3 is 0 Å². The molecule has 0 radical (unpaired) electrons. The van der Waals surface area contributed by atoms with Crippen LogP contribution in [0.4, 0.5) is 0 Å². The van der Waals surface area contributed by atoms with Crippen molar-refractivity contribution in [3.8, 4) is 11.5 Å². The summed E-state index contributed by atoms with van der Waals surface area (Å²) in [4.78, 5) is 13.2. The second-order valence-corrected chi connectivity index (χ2v) is 8.86. The zero-order valence-electron chi connectivity index (χ0n) is 20.9. The summed E-state index contributed by atoms with van der Waals surface area (Å²) in [7, 11) is 4.96. The number of fused-ring (bicyclic) bond motifs is 1. The van der Waals surface area contributed by atoms with Gasteiger partial charge in [-0.1, -0.05) is 55.1 Å². The van der Waals surface area contributed by atoms with Gasteiger partial charge in [0.1, 0.15) is 11.5 Å². The lowest BCUT2D eigenvalue weighted by atomic mass is 9.65. The Morgan fingerprint density at radius 1 is 0.971 bits per heavy atom. The van der Waals surface area contributed by atoms with Crippen LogP contribution in [0.25, 0.3) is 12.2 Å². The van der Waals surface area contributed by atoms with Crippen molar-refractivity contribution in [2.45, 2.75) is 25.2 Å². The molecule has 0 saturated carbocycles. The van der Waals surface area contributed by atoms with E-state index in [0.29, 0.717) is 19.4 Å². The number of ketones is 1. The molecule has 3 aromatic carbocycles. The summed E-state index contributed by atoms with van der Waals surface area (Å²) in [6, 6.07) is 18.5. The lowest BCUT2D eigenvalue weighted by Gasteiger charge is -2.37. The number of ether oxygens (including phenoxy) is 3. The predicted octanol–water partition coefficient (Wildman–Crippen LogP) is 6.43. The molecule has 180 valence electrons. The smallest absolute Gasteiger partial charge is 0.166 e. The van der Waals surface area contributed by atoms with Crippen LogP contribution in [-0.4, -0.2) is 33.7 Å². The van der Waals surface area contributed by atoms with Gasteiger partial charge in [0.2, 0.25) is 0 Å². The second-order valence-electron chi connectivity index (χ2n) is 8.86. The molecule has 0 spiro atoms. The third-order valence-electron chi connectivity index (χ3n) is 6.94. The molecule has 0 unspecified atom stereocenters. The highest BCUT2D eigenvalue weighted by Gasteiger charge is 2.37. The van der Waals surface area contributed by atoms with Gasteiger partial charge in [0.25, 0.3) is 0 Å². The number of rotatable bonds is 9. The van der Waals surface area contributed by atoms with Gasteiger partial charge in [0, 0.05) is 24.5 Å². The van der Waals surface area contributed by atoms with Crippen molar-refractivity contribution in [2.24, 2.45) is 0 Å². The molecule has 1 aliphatic carbocycles. The van der Waals surface area contributed by atoms with E-state index in [9.17, 15) is 4.79 Å². The van der Waals surface area contributed by atoms with Gasteiger partial charge in [-0.25, -0.2) is 0 Å². The summed E-state index contributed by atoms with van der Waals surface area (Å²) in [5.41, 5.74) is 6.77. The number of hydrogen-bond donors (Lipinski definition) is 0. The van der Waals surface area contributed by atoms with E-state index in [0.717, 1.165) is 50.4 Å². The Morgan fingerprint density at radius 3 is 2.03 bits per heavy atom. The fraction of sp³-hybridized carbons (Fsp3) is 0.258. The Hall–Kier alpha value is -3.63. The minimum Gasteiger partial charge on any atom is -0.497 e. The maximum atomic E-state index is 13.2. The predicted molar refractivity (Wildman–Crippen MR) is 142 cm³/mol. The first-order valence-corrected chi connectivity index (χ1v) is 11.8. The van der Waals surface area contributed by atoms with Gasteiger partial charge in [-0.15, -0.1) is 0 Å². The summed E-state index contributed by atoms with van der Waals surface area (Å²) in [6.07, 6.45) is 7.30. The molecule has 1 aliphatic rings. The number of methoxy groups -OCH3 is 3. The first-order valence-electron chi connectivity index (χ1n) is 11.8. The maximum absolute atomic E-state index is 13.2. The van der Waals surface area contributed by atoms with Gasteiger partial charge < -0.3 is 14.2 Å². The number of carbonyl (C=O) groups is 1. The van der Waals surface area contributed by atoms with Crippen LogP contribution in [-0.2, 0) is 16.6 Å². The van der Waals surface area contributed by atoms with Crippen molar-refractivity contribution in [1.29, 1.82) is 0 Å². The quantitative estimate of drug-likeness (QED) is 0.340. The third-order valence-corrected chi connectivity index (χ3v) is 6.94. The monoisotopic (exact) mass is 468 g/mol. The highest BCUT2D eigenvalue weighted by atomic mass is 16.5. The van der Waals surface area contributed by atoms with Crippen LogP contribution >= 0.6 is 0 Å². The molecule has 0 atom stereocenters. The van der Waals surface area contributed by atoms with E-state index < -0.39 is 5.41 Å². The van der Waals surface area contributed by atoms with E-state index in [2.05, 4.69) is 49.1 Å². The molecular formula is C31H32O4. The molecule has 35 heavy (non-hydrogen) atoms. The highest BCUT2D eigenvalue weighted by molar-refractivity contribution is 6.02. The van der Waals surface area contributed by atoms with Crippen molar-refractivity contribution in [3.63, 3.8) is 0 Å². The van der Waals surface area contributed by atoms with E-state index in [1.807, 2.05) is 37.3 Å². The van der Waals surface area contributed by atoms with Crippen LogP contribution in [0.1, 0.15) is 50.2 Å². The molecule has 0 aromatic heterocycles. The maximum Gasteiger partial charge on any atom is 0.166 e. The molecule has 0 bridgehead atoms. The molecule has 0 N–H and O–H groups in total. The van der Waals surface area contributed by atoms with Crippen molar-refractivity contribution in [1.82, 2.24) is 0 Å². The van der Waals surface area contributed by atoms with Crippen molar-refractivity contribution in [2.75, 3.05) is 27.9 Å². The molecule has 0 fully saturated rings. The van der Waals surface area contributed by atoms with Crippen LogP contribution < -0.4 is 9.47 Å². The average Bonchev–Trinajstić information content (AvgIpc) is 2.91. The van der Waals surface area contributed by atoms with Gasteiger partial charge in [0.15, 0.2) is 5.78 Å². The van der Waals surface area contributed by atoms with Gasteiger partial charge in [0.05, 0.1) is 20.8 Å². The molecule has 4 nitrogen and oxygen atoms in total. The summed E-state index contributed by atoms with van der Waals surface area (Å²) in [6.45, 7) is 6.48. The fourth-order valence-corrected chi connectivity index (χ4v) is 5.07. The van der Waals surface area contributed by atoms with E-state index in [1.165, 1.54) is 0 Å². The lowest BCUT2D eigenvalue weighted by molar-refractivity contribution is 0.0931. The van der Waals surface area contributed by atoms with E-state index in [4.69, 9.17) is 14.2 Å². The number of allylic oxidation sites excluding steroid dienone is 1. The number of aryl methyl sites for hydroxylation is 1. The number of benzene rings is 3. The largest absolute Gasteiger partial charge is 0.497 e. The van der Waals surface area contributed by atoms with Gasteiger partial charge in [-0.2, -0.15) is 0 Å². The molecule has 4 rings (SSSR count). The molecular weight excluding hydrogens is 436 g/mol. The van der Waals surface area contributed by atoms with E-state index in [1.54, 1.807) is 21.3 Å².